The molecule has 4 aromatic rings. The number of carbonyl (C=O) groups is 1. The van der Waals surface area contributed by atoms with E-state index in [9.17, 15) is 9.18 Å². The number of anilines is 2. The van der Waals surface area contributed by atoms with Crippen LogP contribution >= 0.6 is 11.3 Å². The molecular weight excluding hydrogens is 363 g/mol. The number of hydrogen-bond acceptors (Lipinski definition) is 5. The van der Waals surface area contributed by atoms with Gasteiger partial charge in [0.05, 0.1) is 16.1 Å². The van der Waals surface area contributed by atoms with Crippen LogP contribution in [0.15, 0.2) is 54.7 Å². The van der Waals surface area contributed by atoms with Crippen molar-refractivity contribution in [2.45, 2.75) is 0 Å². The van der Waals surface area contributed by atoms with Gasteiger partial charge in [0.1, 0.15) is 11.3 Å². The van der Waals surface area contributed by atoms with Crippen molar-refractivity contribution >= 4 is 49.2 Å². The average Bonchev–Trinajstić information content (AvgIpc) is 3.05. The first-order valence-electron chi connectivity index (χ1n) is 8.63. The molecule has 1 saturated heterocycles. The van der Waals surface area contributed by atoms with Crippen LogP contribution in [0.2, 0.25) is 0 Å². The van der Waals surface area contributed by atoms with Gasteiger partial charge in [0.15, 0.2) is 5.13 Å². The number of benzene rings is 2. The molecule has 0 atom stereocenters. The minimum Gasteiger partial charge on any atom is -0.346 e. The van der Waals surface area contributed by atoms with Gasteiger partial charge in [0.25, 0.3) is 0 Å². The maximum Gasteiger partial charge on any atom is 0.231 e. The van der Waals surface area contributed by atoms with Gasteiger partial charge in [-0.05, 0) is 36.4 Å². The number of amides is 1. The van der Waals surface area contributed by atoms with Crippen LogP contribution in [0.5, 0.6) is 0 Å². The van der Waals surface area contributed by atoms with E-state index in [0.29, 0.717) is 18.6 Å². The zero-order valence-electron chi connectivity index (χ0n) is 14.2. The van der Waals surface area contributed by atoms with Crippen LogP contribution in [0.4, 0.5) is 15.2 Å². The van der Waals surface area contributed by atoms with Gasteiger partial charge in [-0.3, -0.25) is 9.78 Å². The number of aromatic nitrogens is 2. The number of pyridine rings is 1. The highest BCUT2D eigenvalue weighted by Gasteiger charge is 2.34. The molecule has 1 amide bonds. The Balaban J connectivity index is 1.26. The second-order valence-electron chi connectivity index (χ2n) is 6.59. The lowest BCUT2D eigenvalue weighted by molar-refractivity contribution is -0.120. The topological polar surface area (TPSA) is 58.1 Å². The second-order valence-corrected chi connectivity index (χ2v) is 7.59. The third-order valence-electron chi connectivity index (χ3n) is 4.75. The van der Waals surface area contributed by atoms with Gasteiger partial charge in [-0.2, -0.15) is 0 Å². The number of nitrogens with one attached hydrogen (secondary N) is 1. The van der Waals surface area contributed by atoms with Crippen molar-refractivity contribution in [3.63, 3.8) is 0 Å². The summed E-state index contributed by atoms with van der Waals surface area (Å²) in [4.78, 5) is 23.2. The molecule has 5 rings (SSSR count). The second kappa shape index (κ2) is 6.28. The monoisotopic (exact) mass is 378 g/mol. The Labute approximate surface area is 158 Å². The summed E-state index contributed by atoms with van der Waals surface area (Å²) in [6.45, 7) is 1.17. The highest BCUT2D eigenvalue weighted by Crippen LogP contribution is 2.34. The summed E-state index contributed by atoms with van der Waals surface area (Å²) in [7, 11) is 0. The summed E-state index contributed by atoms with van der Waals surface area (Å²) in [5.41, 5.74) is 2.06. The van der Waals surface area contributed by atoms with Crippen molar-refractivity contribution < 1.29 is 9.18 Å². The summed E-state index contributed by atoms with van der Waals surface area (Å²) in [5.74, 6) is -0.427. The molecule has 1 aliphatic rings. The molecular formula is C20H15FN4OS. The summed E-state index contributed by atoms with van der Waals surface area (Å²) in [5, 5.41) is 4.72. The Morgan fingerprint density at radius 3 is 2.93 bits per heavy atom. The lowest BCUT2D eigenvalue weighted by Gasteiger charge is -2.37. The van der Waals surface area contributed by atoms with E-state index in [2.05, 4.69) is 15.3 Å². The fourth-order valence-electron chi connectivity index (χ4n) is 3.24. The third kappa shape index (κ3) is 2.90. The van der Waals surface area contributed by atoms with Crippen LogP contribution in [0.25, 0.3) is 21.1 Å². The van der Waals surface area contributed by atoms with Crippen LogP contribution in [0, 0.1) is 11.7 Å². The molecule has 0 radical (unpaired) electrons. The van der Waals surface area contributed by atoms with Gasteiger partial charge in [-0.1, -0.05) is 23.5 Å². The lowest BCUT2D eigenvalue weighted by Crippen LogP contribution is -2.52. The SMILES string of the molecule is O=C(Nc1ccc2ncccc2c1)C1CN(c2nc3c(F)cccc3s2)C1. The van der Waals surface area contributed by atoms with Gasteiger partial charge >= 0.3 is 0 Å². The van der Waals surface area contributed by atoms with Crippen molar-refractivity contribution in [1.29, 1.82) is 0 Å². The van der Waals surface area contributed by atoms with Gasteiger partial charge in [0.2, 0.25) is 5.91 Å². The Bertz CT molecular complexity index is 1170. The smallest absolute Gasteiger partial charge is 0.231 e. The van der Waals surface area contributed by atoms with E-state index >= 15 is 0 Å². The molecule has 0 unspecified atom stereocenters. The fourth-order valence-corrected chi connectivity index (χ4v) is 4.23. The predicted molar refractivity (Wildman–Crippen MR) is 106 cm³/mol. The van der Waals surface area contributed by atoms with Crippen molar-refractivity contribution in [1.82, 2.24) is 9.97 Å². The Morgan fingerprint density at radius 2 is 2.07 bits per heavy atom. The Morgan fingerprint density at radius 1 is 1.19 bits per heavy atom. The number of carbonyl (C=O) groups excluding carboxylic acids is 1. The molecule has 7 heteroatoms. The van der Waals surface area contributed by atoms with E-state index in [-0.39, 0.29) is 17.6 Å². The third-order valence-corrected chi connectivity index (χ3v) is 5.83. The van der Waals surface area contributed by atoms with E-state index < -0.39 is 0 Å². The number of hydrogen-bond donors (Lipinski definition) is 1. The quantitative estimate of drug-likeness (QED) is 0.584. The first-order chi connectivity index (χ1) is 13.2. The largest absolute Gasteiger partial charge is 0.346 e. The molecule has 1 fully saturated rings. The summed E-state index contributed by atoms with van der Waals surface area (Å²) < 4.78 is 14.6. The molecule has 0 spiro atoms. The van der Waals surface area contributed by atoms with E-state index in [1.807, 2.05) is 41.3 Å². The van der Waals surface area contributed by atoms with E-state index in [1.54, 1.807) is 12.3 Å². The van der Waals surface area contributed by atoms with Crippen LogP contribution in [0.1, 0.15) is 0 Å². The number of nitrogens with zero attached hydrogens (tertiary/aromatic N) is 3. The van der Waals surface area contributed by atoms with Crippen LogP contribution < -0.4 is 10.2 Å². The minimum absolute atomic E-state index is 0.0122. The summed E-state index contributed by atoms with van der Waals surface area (Å²) in [6.07, 6.45) is 1.75. The molecule has 27 heavy (non-hydrogen) atoms. The highest BCUT2D eigenvalue weighted by molar-refractivity contribution is 7.22. The van der Waals surface area contributed by atoms with Gasteiger partial charge in [0, 0.05) is 30.4 Å². The average molecular weight is 378 g/mol. The molecule has 0 saturated carbocycles. The van der Waals surface area contributed by atoms with Crippen LogP contribution in [-0.4, -0.2) is 29.0 Å². The normalized spacial score (nSPS) is 14.5. The number of para-hydroxylation sites is 1. The standard InChI is InChI=1S/C20H15FN4OS/c21-15-4-1-5-17-18(15)24-20(27-17)25-10-13(11-25)19(26)23-14-6-7-16-12(9-14)3-2-8-22-16/h1-9,13H,10-11H2,(H,23,26). The molecule has 5 nitrogen and oxygen atoms in total. The molecule has 1 aliphatic heterocycles. The predicted octanol–water partition coefficient (Wildman–Crippen LogP) is 4.06. The molecule has 3 heterocycles. The van der Waals surface area contributed by atoms with Gasteiger partial charge < -0.3 is 10.2 Å². The number of thiazole rings is 1. The van der Waals surface area contributed by atoms with E-state index in [1.165, 1.54) is 17.4 Å². The van der Waals surface area contributed by atoms with Crippen molar-refractivity contribution in [3.8, 4) is 0 Å². The molecule has 0 aliphatic carbocycles. The van der Waals surface area contributed by atoms with Crippen LogP contribution in [-0.2, 0) is 4.79 Å². The van der Waals surface area contributed by atoms with Crippen molar-refractivity contribution in [2.75, 3.05) is 23.3 Å². The number of halogens is 1. The lowest BCUT2D eigenvalue weighted by atomic mass is 10.00. The number of fused-ring (bicyclic) bond motifs is 2. The molecule has 1 N–H and O–H groups in total. The zero-order valence-corrected chi connectivity index (χ0v) is 15.0. The summed E-state index contributed by atoms with van der Waals surface area (Å²) in [6, 6.07) is 14.5. The van der Waals surface area contributed by atoms with E-state index in [4.69, 9.17) is 0 Å². The maximum absolute atomic E-state index is 13.8. The highest BCUT2D eigenvalue weighted by atomic mass is 32.1. The molecule has 134 valence electrons. The number of rotatable bonds is 3. The molecule has 2 aromatic carbocycles. The van der Waals surface area contributed by atoms with Gasteiger partial charge in [-0.25, -0.2) is 9.37 Å². The van der Waals surface area contributed by atoms with Crippen molar-refractivity contribution in [3.05, 3.63) is 60.5 Å². The van der Waals surface area contributed by atoms with Crippen molar-refractivity contribution in [2.24, 2.45) is 5.92 Å². The molecule has 2 aromatic heterocycles. The maximum atomic E-state index is 13.8. The first kappa shape index (κ1) is 16.1. The Hall–Kier alpha value is -3.06. The minimum atomic E-state index is -0.310. The fraction of sp³-hybridized carbons (Fsp3) is 0.150. The summed E-state index contributed by atoms with van der Waals surface area (Å²) >= 11 is 1.45. The van der Waals surface area contributed by atoms with Crippen LogP contribution in [0.3, 0.4) is 0 Å². The Kier molecular flexibility index (Phi) is 3.75. The van der Waals surface area contributed by atoms with Gasteiger partial charge in [-0.15, -0.1) is 0 Å². The zero-order chi connectivity index (χ0) is 18.4. The molecule has 0 bridgehead atoms. The van der Waals surface area contributed by atoms with E-state index in [0.717, 1.165) is 26.4 Å². The first-order valence-corrected chi connectivity index (χ1v) is 9.45.